The average molecular weight is 949 g/mol. The maximum Gasteiger partial charge on any atom is 0.472 e. The van der Waals surface area contributed by atoms with Gasteiger partial charge in [-0.1, -0.05) is 149 Å². The molecule has 0 saturated heterocycles. The van der Waals surface area contributed by atoms with Crippen LogP contribution in [0.25, 0.3) is 0 Å². The Hall–Kier alpha value is -3.53. The molecule has 3 unspecified atom stereocenters. The van der Waals surface area contributed by atoms with E-state index in [0.29, 0.717) is 25.7 Å². The van der Waals surface area contributed by atoms with Crippen LogP contribution in [-0.4, -0.2) is 110 Å². The molecule has 9 atom stereocenters. The number of esters is 2. The van der Waals surface area contributed by atoms with Crippen molar-refractivity contribution in [2.75, 3.05) is 13.2 Å². The number of ether oxygens (including phenoxy) is 2. The predicted molar refractivity (Wildman–Crippen MR) is 259 cm³/mol. The van der Waals surface area contributed by atoms with Gasteiger partial charge in [-0.15, -0.1) is 0 Å². The van der Waals surface area contributed by atoms with Crippen molar-refractivity contribution in [3.8, 4) is 0 Å². The normalized spacial score (nSPS) is 22.7. The summed E-state index contributed by atoms with van der Waals surface area (Å²) in [4.78, 5) is 35.7. The number of hydrogen-bond donors (Lipinski definition) is 7. The number of unbranched alkanes of at least 4 members (excludes halogenated alkanes) is 5. The van der Waals surface area contributed by atoms with E-state index in [2.05, 4.69) is 74.6 Å². The van der Waals surface area contributed by atoms with Crippen molar-refractivity contribution >= 4 is 19.8 Å². The predicted octanol–water partition coefficient (Wildman–Crippen LogP) is 8.58. The van der Waals surface area contributed by atoms with Gasteiger partial charge in [-0.3, -0.25) is 18.6 Å². The molecule has 15 heteroatoms. The summed E-state index contributed by atoms with van der Waals surface area (Å²) in [5.41, 5.74) is 0. The van der Waals surface area contributed by atoms with Gasteiger partial charge in [0.1, 0.15) is 43.2 Å². The average Bonchev–Trinajstić information content (AvgIpc) is 3.30. The fraction of sp³-hybridized carbons (Fsp3) is 0.608. The number of phosphoric ester groups is 1. The molecule has 0 aromatic heterocycles. The summed E-state index contributed by atoms with van der Waals surface area (Å²) in [6.07, 6.45) is 37.7. The monoisotopic (exact) mass is 949 g/mol. The van der Waals surface area contributed by atoms with E-state index >= 15 is 0 Å². The Balaban J connectivity index is 2.57. The Morgan fingerprint density at radius 2 is 0.970 bits per heavy atom. The van der Waals surface area contributed by atoms with E-state index in [-0.39, 0.29) is 18.9 Å². The molecule has 14 nitrogen and oxygen atoms in total. The molecule has 1 rings (SSSR count). The lowest BCUT2D eigenvalue weighted by Gasteiger charge is -2.41. The molecule has 0 bridgehead atoms. The molecule has 66 heavy (non-hydrogen) atoms. The van der Waals surface area contributed by atoms with Gasteiger partial charge in [-0.25, -0.2) is 4.57 Å². The Morgan fingerprint density at radius 1 is 0.530 bits per heavy atom. The number of aliphatic hydroxyl groups excluding tert-OH is 6. The van der Waals surface area contributed by atoms with Crippen LogP contribution in [0.5, 0.6) is 0 Å². The quantitative estimate of drug-likeness (QED) is 0.0134. The zero-order valence-corrected chi connectivity index (χ0v) is 40.2. The zero-order chi connectivity index (χ0) is 48.7. The van der Waals surface area contributed by atoms with Crippen LogP contribution in [0.3, 0.4) is 0 Å². The number of aliphatic hydroxyl groups is 6. The second kappa shape index (κ2) is 39.5. The van der Waals surface area contributed by atoms with Crippen LogP contribution in [0.2, 0.25) is 0 Å². The zero-order valence-electron chi connectivity index (χ0n) is 39.3. The van der Waals surface area contributed by atoms with Crippen LogP contribution in [0.4, 0.5) is 0 Å². The summed E-state index contributed by atoms with van der Waals surface area (Å²) in [6.45, 7) is 2.99. The molecule has 0 aromatic rings. The Labute approximate surface area is 394 Å². The summed E-state index contributed by atoms with van der Waals surface area (Å²) in [5.74, 6) is -1.30. The third-order valence-corrected chi connectivity index (χ3v) is 11.2. The number of rotatable bonds is 37. The molecule has 374 valence electrons. The highest BCUT2D eigenvalue weighted by Gasteiger charge is 2.51. The van der Waals surface area contributed by atoms with Gasteiger partial charge in [0.15, 0.2) is 6.10 Å². The SMILES string of the molecule is CCCCC/C=C\C/C=C\C/C=C\C/C=C\C/C=C\CCC(=O)O[C@H](COC(=O)CCC/C=C\C/C=C\C/C=C\C/C=C\[C@@H](O)CCCC)COP(=O)(O)OC1[C@H](O)[C@H](O)C(O)[C@H](O)[C@H]1O. The highest BCUT2D eigenvalue weighted by Crippen LogP contribution is 2.47. The molecule has 1 aliphatic rings. The van der Waals surface area contributed by atoms with Crippen molar-refractivity contribution in [3.63, 3.8) is 0 Å². The lowest BCUT2D eigenvalue weighted by Crippen LogP contribution is -2.64. The first-order valence-corrected chi connectivity index (χ1v) is 25.3. The van der Waals surface area contributed by atoms with Crippen molar-refractivity contribution in [1.82, 2.24) is 0 Å². The minimum atomic E-state index is -5.17. The van der Waals surface area contributed by atoms with Crippen molar-refractivity contribution in [2.45, 2.75) is 185 Å². The van der Waals surface area contributed by atoms with E-state index in [1.807, 2.05) is 48.6 Å². The second-order valence-electron chi connectivity index (χ2n) is 16.1. The lowest BCUT2D eigenvalue weighted by atomic mass is 9.85. The minimum Gasteiger partial charge on any atom is -0.462 e. The van der Waals surface area contributed by atoms with Gasteiger partial charge in [-0.2, -0.15) is 0 Å². The maximum atomic E-state index is 12.8. The van der Waals surface area contributed by atoms with Crippen LogP contribution in [0, 0.1) is 0 Å². The highest BCUT2D eigenvalue weighted by molar-refractivity contribution is 7.47. The van der Waals surface area contributed by atoms with E-state index < -0.39 is 75.7 Å². The fourth-order valence-electron chi connectivity index (χ4n) is 6.28. The van der Waals surface area contributed by atoms with Crippen molar-refractivity contribution in [2.24, 2.45) is 0 Å². The lowest BCUT2D eigenvalue weighted by molar-refractivity contribution is -0.220. The van der Waals surface area contributed by atoms with Crippen molar-refractivity contribution in [3.05, 3.63) is 109 Å². The largest absolute Gasteiger partial charge is 0.472 e. The third kappa shape index (κ3) is 31.4. The number of carbonyl (C=O) groups is 2. The van der Waals surface area contributed by atoms with Gasteiger partial charge in [0.25, 0.3) is 0 Å². The number of hydrogen-bond acceptors (Lipinski definition) is 13. The first kappa shape index (κ1) is 60.5. The maximum absolute atomic E-state index is 12.8. The summed E-state index contributed by atoms with van der Waals surface area (Å²) in [5, 5.41) is 60.0. The van der Waals surface area contributed by atoms with Gasteiger partial charge in [0.05, 0.1) is 12.7 Å². The van der Waals surface area contributed by atoms with Crippen molar-refractivity contribution in [1.29, 1.82) is 0 Å². The summed E-state index contributed by atoms with van der Waals surface area (Å²) in [7, 11) is -5.17. The minimum absolute atomic E-state index is 0.0520. The highest BCUT2D eigenvalue weighted by atomic mass is 31.2. The number of phosphoric acid groups is 1. The Bertz CT molecular complexity index is 1580. The molecule has 1 saturated carbocycles. The van der Waals surface area contributed by atoms with E-state index in [4.69, 9.17) is 18.5 Å². The standard InChI is InChI=1S/C51H81O14P/c1-3-5-7-8-9-10-11-12-13-14-15-16-17-18-23-26-29-32-35-39-45(54)64-43(41-63-66(60,61)65-51-49(58)47(56)46(55)48(57)50(51)59)40-62-44(53)38-34-31-28-25-22-20-19-21-24-27-30-33-37-42(52)36-6-4-2/h9-10,12-13,15-16,18-20,23-25,27-29,32-33,37,42-43,46-52,55-59H,3-8,11,14,17,21-22,26,30-31,34-36,38-41H2,1-2H3,(H,60,61)/b10-9-,13-12-,16-15-,20-19-,23-18-,27-24-,28-25-,32-29-,37-33-/t42-,43+,46?,47-,48+,49+,50+,51?/m0/s1. The van der Waals surface area contributed by atoms with Gasteiger partial charge in [0, 0.05) is 12.8 Å². The number of allylic oxidation sites excluding steroid dienone is 17. The fourth-order valence-corrected chi connectivity index (χ4v) is 7.25. The van der Waals surface area contributed by atoms with Gasteiger partial charge in [0.2, 0.25) is 0 Å². The first-order valence-electron chi connectivity index (χ1n) is 23.8. The van der Waals surface area contributed by atoms with E-state index in [1.165, 1.54) is 19.3 Å². The molecular formula is C51H81O14P. The van der Waals surface area contributed by atoms with Crippen LogP contribution in [-0.2, 0) is 32.7 Å². The molecule has 0 heterocycles. The van der Waals surface area contributed by atoms with Gasteiger partial charge < -0.3 is 45.0 Å². The smallest absolute Gasteiger partial charge is 0.462 e. The Kier molecular flexibility index (Phi) is 36.2. The molecule has 1 aliphatic carbocycles. The molecule has 0 spiro atoms. The molecule has 1 fully saturated rings. The van der Waals surface area contributed by atoms with Gasteiger partial charge in [-0.05, 0) is 83.5 Å². The molecular weight excluding hydrogens is 868 g/mol. The van der Waals surface area contributed by atoms with Crippen LogP contribution < -0.4 is 0 Å². The second-order valence-corrected chi connectivity index (χ2v) is 17.5. The summed E-state index contributed by atoms with van der Waals surface area (Å²) < 4.78 is 33.4. The molecule has 0 radical (unpaired) electrons. The van der Waals surface area contributed by atoms with Gasteiger partial charge >= 0.3 is 19.8 Å². The molecule has 7 N–H and O–H groups in total. The summed E-state index contributed by atoms with van der Waals surface area (Å²) >= 11 is 0. The topological polar surface area (TPSA) is 230 Å². The van der Waals surface area contributed by atoms with E-state index in [1.54, 1.807) is 0 Å². The van der Waals surface area contributed by atoms with E-state index in [9.17, 15) is 49.7 Å². The van der Waals surface area contributed by atoms with Crippen LogP contribution >= 0.6 is 7.82 Å². The molecule has 0 amide bonds. The van der Waals surface area contributed by atoms with Crippen LogP contribution in [0.15, 0.2) is 109 Å². The molecule has 0 aliphatic heterocycles. The number of carbonyl (C=O) groups excluding carboxylic acids is 2. The first-order chi connectivity index (χ1) is 31.8. The summed E-state index contributed by atoms with van der Waals surface area (Å²) in [6, 6.07) is 0. The molecule has 0 aromatic carbocycles. The Morgan fingerprint density at radius 3 is 1.47 bits per heavy atom. The third-order valence-electron chi connectivity index (χ3n) is 10.2. The van der Waals surface area contributed by atoms with Crippen molar-refractivity contribution < 1.29 is 68.2 Å². The van der Waals surface area contributed by atoms with E-state index in [0.717, 1.165) is 64.2 Å². The van der Waals surface area contributed by atoms with Crippen LogP contribution in [0.1, 0.15) is 136 Å².